The first kappa shape index (κ1) is 17.2. The predicted octanol–water partition coefficient (Wildman–Crippen LogP) is 3.95. The van der Waals surface area contributed by atoms with Crippen molar-refractivity contribution in [3.8, 4) is 0 Å². The normalized spacial score (nSPS) is 21.6. The number of allylic oxidation sites excluding steroid dienone is 3. The van der Waals surface area contributed by atoms with Gasteiger partial charge < -0.3 is 0 Å². The molecule has 0 saturated carbocycles. The van der Waals surface area contributed by atoms with Crippen molar-refractivity contribution >= 4 is 57.1 Å². The van der Waals surface area contributed by atoms with Crippen LogP contribution in [0.3, 0.4) is 0 Å². The third kappa shape index (κ3) is 2.85. The van der Waals surface area contributed by atoms with Gasteiger partial charge in [0.25, 0.3) is 0 Å². The minimum atomic E-state index is -2.43. The molecule has 0 radical (unpaired) electrons. The van der Waals surface area contributed by atoms with Gasteiger partial charge in [-0.1, -0.05) is 0 Å². The van der Waals surface area contributed by atoms with Gasteiger partial charge in [-0.15, -0.1) is 0 Å². The summed E-state index contributed by atoms with van der Waals surface area (Å²) in [4.78, 5) is 24.7. The van der Waals surface area contributed by atoms with E-state index in [1.165, 1.54) is 23.3 Å². The molecule has 25 heavy (non-hydrogen) atoms. The number of rotatable bonds is 4. The van der Waals surface area contributed by atoms with Crippen molar-refractivity contribution in [3.63, 3.8) is 0 Å². The van der Waals surface area contributed by atoms with Crippen LogP contribution < -0.4 is 8.64 Å². The predicted molar refractivity (Wildman–Crippen MR) is 106 cm³/mol. The van der Waals surface area contributed by atoms with E-state index in [1.54, 1.807) is 3.33 Å². The number of nitrogens with one attached hydrogen (secondary N) is 1. The first-order valence-corrected chi connectivity index (χ1v) is 14.5. The van der Waals surface area contributed by atoms with Crippen LogP contribution >= 0.6 is 11.8 Å². The Kier molecular flexibility index (Phi) is 4.49. The van der Waals surface area contributed by atoms with Gasteiger partial charge in [0.2, 0.25) is 0 Å². The Balaban J connectivity index is 1.71. The van der Waals surface area contributed by atoms with E-state index >= 15 is 0 Å². The average molecular weight is 453 g/mol. The molecule has 1 fully saturated rings. The van der Waals surface area contributed by atoms with Gasteiger partial charge in [-0.05, 0) is 0 Å². The summed E-state index contributed by atoms with van der Waals surface area (Å²) >= 11 is -1.33. The van der Waals surface area contributed by atoms with Crippen molar-refractivity contribution in [1.82, 2.24) is 5.32 Å². The summed E-state index contributed by atoms with van der Waals surface area (Å²) in [6, 6.07) is 6.48. The van der Waals surface area contributed by atoms with Gasteiger partial charge in [-0.2, -0.15) is 0 Å². The molecule has 3 aliphatic heterocycles. The van der Waals surface area contributed by atoms with Crippen molar-refractivity contribution < 1.29 is 9.59 Å². The molecular weight excluding hydrogens is 433 g/mol. The van der Waals surface area contributed by atoms with Crippen molar-refractivity contribution in [2.75, 3.05) is 0 Å². The molecule has 1 aromatic carbocycles. The van der Waals surface area contributed by atoms with Gasteiger partial charge >= 0.3 is 161 Å². The fourth-order valence-corrected chi connectivity index (χ4v) is 17.2. The molecule has 3 aliphatic rings. The van der Waals surface area contributed by atoms with Crippen LogP contribution in [0.5, 0.6) is 0 Å². The van der Waals surface area contributed by atoms with Crippen molar-refractivity contribution in [2.24, 2.45) is 5.92 Å². The van der Waals surface area contributed by atoms with Crippen LogP contribution in [0.25, 0.3) is 9.41 Å². The first-order chi connectivity index (χ1) is 12.0. The Labute approximate surface area is 160 Å². The van der Waals surface area contributed by atoms with E-state index in [0.717, 1.165) is 24.6 Å². The fraction of sp³-hybridized carbons (Fsp3) is 0.300. The Bertz CT molecular complexity index is 893. The number of amides is 2. The summed E-state index contributed by atoms with van der Waals surface area (Å²) in [6.45, 7) is 6.60. The molecule has 1 saturated heterocycles. The topological polar surface area (TPSA) is 46.2 Å². The van der Waals surface area contributed by atoms with E-state index in [1.807, 2.05) is 0 Å². The molecule has 0 aliphatic carbocycles. The van der Waals surface area contributed by atoms with E-state index in [9.17, 15) is 9.59 Å². The number of carbonyl (C=O) groups is 2. The van der Waals surface area contributed by atoms with Gasteiger partial charge in [0.05, 0.1) is 0 Å². The van der Waals surface area contributed by atoms with Crippen molar-refractivity contribution in [1.29, 1.82) is 0 Å². The maximum absolute atomic E-state index is 12.3. The van der Waals surface area contributed by atoms with Crippen LogP contribution in [-0.2, 0) is 4.79 Å². The van der Waals surface area contributed by atoms with Gasteiger partial charge in [0.1, 0.15) is 0 Å². The van der Waals surface area contributed by atoms with E-state index in [2.05, 4.69) is 56.4 Å². The molecule has 3 heterocycles. The molecule has 3 nitrogen and oxygen atoms in total. The molecule has 0 aromatic heterocycles. The number of hydrogen-bond acceptors (Lipinski definition) is 3. The summed E-state index contributed by atoms with van der Waals surface area (Å²) in [5.74, 6) is 0.344. The quantitative estimate of drug-likeness (QED) is 0.555. The average Bonchev–Trinajstić information content (AvgIpc) is 3.14. The number of hydrogen-bond donors (Lipinski definition) is 1. The Morgan fingerprint density at radius 2 is 2.12 bits per heavy atom. The number of carbonyl (C=O) groups excluding carboxylic acids is 2. The molecule has 1 N–H and O–H groups in total. The maximum atomic E-state index is 12.3. The standard InChI is InChI=1S/C20H20NO2S.In/c1-14(2)7-6-8-15(3)11-12-16-9-4-5-10-17(16)13-18-19(22)21-20(23)24-18;/h4-5,7,10,12,15H,6,8H2,1-3H3,(H,21,22,23);. The van der Waals surface area contributed by atoms with Crippen LogP contribution in [0.15, 0.2) is 38.1 Å². The third-order valence-corrected chi connectivity index (χ3v) is 17.3. The van der Waals surface area contributed by atoms with E-state index < -0.39 is 21.4 Å². The number of thioether (sulfide) groups is 1. The van der Waals surface area contributed by atoms with Crippen LogP contribution in [0, 0.1) is 5.92 Å². The second-order valence-corrected chi connectivity index (χ2v) is 16.0. The SMILES string of the molecule is CC(C)=CCCC(C)[C]1=Cc2c3ccc[c]2[In]1/[C]3=C1\SC(=O)NC1=O. The van der Waals surface area contributed by atoms with Gasteiger partial charge in [-0.3, -0.25) is 0 Å². The Morgan fingerprint density at radius 1 is 1.32 bits per heavy atom. The van der Waals surface area contributed by atoms with Crippen molar-refractivity contribution in [3.05, 3.63) is 49.2 Å². The zero-order valence-electron chi connectivity index (χ0n) is 14.7. The van der Waals surface area contributed by atoms with E-state index in [-0.39, 0.29) is 11.1 Å². The van der Waals surface area contributed by atoms with Crippen LogP contribution in [-0.4, -0.2) is 32.6 Å². The molecule has 126 valence electrons. The van der Waals surface area contributed by atoms with E-state index in [0.29, 0.717) is 10.8 Å². The fourth-order valence-electron chi connectivity index (χ4n) is 4.10. The monoisotopic (exact) mass is 453 g/mol. The Morgan fingerprint density at radius 3 is 2.76 bits per heavy atom. The molecule has 4 rings (SSSR count). The summed E-state index contributed by atoms with van der Waals surface area (Å²) in [6.07, 6.45) is 6.96. The summed E-state index contributed by atoms with van der Waals surface area (Å²) in [5, 5.41) is 2.21. The minimum absolute atomic E-state index is 0.196. The molecular formula is C20H20InNO2S. The van der Waals surface area contributed by atoms with Gasteiger partial charge in [0, 0.05) is 0 Å². The third-order valence-electron chi connectivity index (χ3n) is 5.26. The molecule has 2 amide bonds. The molecule has 1 aromatic rings. The summed E-state index contributed by atoms with van der Waals surface area (Å²) in [7, 11) is 0. The van der Waals surface area contributed by atoms with Crippen molar-refractivity contribution in [2.45, 2.75) is 33.6 Å². The summed E-state index contributed by atoms with van der Waals surface area (Å²) in [5.41, 5.74) is 3.92. The van der Waals surface area contributed by atoms with Crippen LogP contribution in [0.2, 0.25) is 0 Å². The number of benzene rings is 1. The van der Waals surface area contributed by atoms with Gasteiger partial charge in [-0.25, -0.2) is 0 Å². The second kappa shape index (κ2) is 6.51. The zero-order valence-corrected chi connectivity index (χ0v) is 18.8. The summed E-state index contributed by atoms with van der Waals surface area (Å²) < 4.78 is 4.34. The first-order valence-electron chi connectivity index (χ1n) is 8.73. The molecule has 1 unspecified atom stereocenters. The zero-order chi connectivity index (χ0) is 17.7. The van der Waals surface area contributed by atoms with Crippen LogP contribution in [0.1, 0.15) is 44.7 Å². The van der Waals surface area contributed by atoms with E-state index in [4.69, 9.17) is 0 Å². The van der Waals surface area contributed by atoms with Crippen LogP contribution in [0.4, 0.5) is 4.79 Å². The number of imide groups is 1. The molecule has 5 heteroatoms. The van der Waals surface area contributed by atoms with Gasteiger partial charge in [0.15, 0.2) is 0 Å². The second-order valence-electron chi connectivity index (χ2n) is 7.23. The Hall–Kier alpha value is -1.20. The molecule has 1 atom stereocenters. The molecule has 0 spiro atoms. The molecule has 4 bridgehead atoms.